The van der Waals surface area contributed by atoms with E-state index in [2.05, 4.69) is 20.5 Å². The highest BCUT2D eigenvalue weighted by Gasteiger charge is 2.10. The van der Waals surface area contributed by atoms with Gasteiger partial charge in [0.1, 0.15) is 0 Å². The number of nitrogens with one attached hydrogen (secondary N) is 1. The zero-order valence-electron chi connectivity index (χ0n) is 15.5. The lowest BCUT2D eigenvalue weighted by molar-refractivity contribution is 0.0748. The minimum Gasteiger partial charge on any atom is -0.379 e. The lowest BCUT2D eigenvalue weighted by Crippen LogP contribution is -2.25. The molecule has 27 heavy (non-hydrogen) atoms. The van der Waals surface area contributed by atoms with Gasteiger partial charge in [-0.25, -0.2) is 10.4 Å². The Morgan fingerprint density at radius 3 is 2.81 bits per heavy atom. The average molecular weight is 365 g/mol. The topological polar surface area (TPSA) is 81.4 Å². The number of aromatic nitrogens is 3. The molecule has 3 aromatic rings. The Labute approximate surface area is 157 Å². The van der Waals surface area contributed by atoms with Crippen LogP contribution in [0, 0.1) is 0 Å². The maximum atomic E-state index is 12.9. The zero-order chi connectivity index (χ0) is 19.1. The van der Waals surface area contributed by atoms with E-state index in [9.17, 15) is 4.79 Å². The smallest absolute Gasteiger partial charge is 0.262 e. The number of ether oxygens (including phenoxy) is 1. The molecule has 0 unspecified atom stereocenters. The van der Waals surface area contributed by atoms with Gasteiger partial charge in [0.15, 0.2) is 0 Å². The number of hydrazone groups is 1. The summed E-state index contributed by atoms with van der Waals surface area (Å²) in [7, 11) is 0. The van der Waals surface area contributed by atoms with Crippen molar-refractivity contribution in [2.75, 3.05) is 12.0 Å². The largest absolute Gasteiger partial charge is 0.379 e. The summed E-state index contributed by atoms with van der Waals surface area (Å²) in [5, 5.41) is 4.77. The van der Waals surface area contributed by atoms with Crippen LogP contribution in [0.1, 0.15) is 26.0 Å². The number of benzene rings is 1. The quantitative estimate of drug-likeness (QED) is 0.377. The molecule has 2 aromatic heterocycles. The van der Waals surface area contributed by atoms with Gasteiger partial charge < -0.3 is 4.74 Å². The molecule has 0 fully saturated rings. The average Bonchev–Trinajstić information content (AvgIpc) is 2.68. The van der Waals surface area contributed by atoms with Crippen molar-refractivity contribution in [1.29, 1.82) is 0 Å². The first-order valence-electron chi connectivity index (χ1n) is 8.96. The molecular formula is C20H23N5O2. The van der Waals surface area contributed by atoms with Crippen LogP contribution >= 0.6 is 0 Å². The lowest BCUT2D eigenvalue weighted by Gasteiger charge is -2.13. The first kappa shape index (κ1) is 18.7. The number of nitrogens with zero attached hydrogens (tertiary/aromatic N) is 4. The zero-order valence-corrected chi connectivity index (χ0v) is 15.5. The molecule has 0 spiro atoms. The van der Waals surface area contributed by atoms with Gasteiger partial charge >= 0.3 is 0 Å². The summed E-state index contributed by atoms with van der Waals surface area (Å²) in [6.45, 7) is 5.05. The summed E-state index contributed by atoms with van der Waals surface area (Å²) in [5.74, 6) is 0.399. The fraction of sp³-hybridized carbons (Fsp3) is 0.300. The predicted octanol–water partition coefficient (Wildman–Crippen LogP) is 3.05. The van der Waals surface area contributed by atoms with Gasteiger partial charge in [-0.15, -0.1) is 0 Å². The van der Waals surface area contributed by atoms with Crippen molar-refractivity contribution in [3.05, 3.63) is 64.7 Å². The van der Waals surface area contributed by atoms with E-state index in [1.165, 1.54) is 0 Å². The Morgan fingerprint density at radius 1 is 1.22 bits per heavy atom. The van der Waals surface area contributed by atoms with Crippen molar-refractivity contribution >= 4 is 23.1 Å². The number of hydrogen-bond acceptors (Lipinski definition) is 6. The molecule has 0 bridgehead atoms. The van der Waals surface area contributed by atoms with E-state index in [0.29, 0.717) is 42.1 Å². The molecule has 0 aliphatic rings. The summed E-state index contributed by atoms with van der Waals surface area (Å²) in [6.07, 6.45) is 4.15. The molecule has 0 radical (unpaired) electrons. The summed E-state index contributed by atoms with van der Waals surface area (Å²) >= 11 is 0. The summed E-state index contributed by atoms with van der Waals surface area (Å²) in [4.78, 5) is 21.6. The molecular weight excluding hydrogens is 342 g/mol. The molecule has 7 nitrogen and oxygen atoms in total. The van der Waals surface area contributed by atoms with Crippen LogP contribution in [-0.4, -0.2) is 33.5 Å². The SMILES string of the molecule is CC(C)OCCCn1c(N/N=C\c2ccccn2)nc2ccccc2c1=O. The molecule has 1 aromatic carbocycles. The predicted molar refractivity (Wildman–Crippen MR) is 107 cm³/mol. The Kier molecular flexibility index (Phi) is 6.27. The van der Waals surface area contributed by atoms with Crippen LogP contribution in [-0.2, 0) is 11.3 Å². The standard InChI is InChI=1S/C20H23N5O2/c1-15(2)27-13-7-12-25-19(26)17-9-3-4-10-18(17)23-20(25)24-22-14-16-8-5-6-11-21-16/h3-6,8-11,14-15H,7,12-13H2,1-2H3,(H,23,24)/b22-14-. The first-order valence-corrected chi connectivity index (χ1v) is 8.96. The van der Waals surface area contributed by atoms with Gasteiger partial charge in [0.2, 0.25) is 5.95 Å². The Balaban J connectivity index is 1.85. The number of para-hydroxylation sites is 1. The number of pyridine rings is 1. The van der Waals surface area contributed by atoms with E-state index in [4.69, 9.17) is 4.74 Å². The second-order valence-corrected chi connectivity index (χ2v) is 6.31. The second kappa shape index (κ2) is 9.05. The van der Waals surface area contributed by atoms with Crippen LogP contribution in [0.25, 0.3) is 10.9 Å². The lowest BCUT2D eigenvalue weighted by atomic mass is 10.2. The van der Waals surface area contributed by atoms with E-state index in [-0.39, 0.29) is 11.7 Å². The molecule has 0 saturated carbocycles. The normalized spacial score (nSPS) is 11.5. The van der Waals surface area contributed by atoms with E-state index >= 15 is 0 Å². The Bertz CT molecular complexity index is 967. The molecule has 0 aliphatic heterocycles. The van der Waals surface area contributed by atoms with Crippen molar-refractivity contribution in [1.82, 2.24) is 14.5 Å². The summed E-state index contributed by atoms with van der Waals surface area (Å²) in [6, 6.07) is 12.9. The molecule has 3 rings (SSSR count). The summed E-state index contributed by atoms with van der Waals surface area (Å²) < 4.78 is 7.17. The van der Waals surface area contributed by atoms with Crippen molar-refractivity contribution in [2.45, 2.75) is 32.9 Å². The maximum Gasteiger partial charge on any atom is 0.262 e. The van der Waals surface area contributed by atoms with Gasteiger partial charge in [0.05, 0.1) is 28.9 Å². The number of anilines is 1. The van der Waals surface area contributed by atoms with Crippen LogP contribution in [0.3, 0.4) is 0 Å². The van der Waals surface area contributed by atoms with Gasteiger partial charge in [0.25, 0.3) is 5.56 Å². The molecule has 7 heteroatoms. The van der Waals surface area contributed by atoms with Crippen molar-refractivity contribution in [3.63, 3.8) is 0 Å². The molecule has 2 heterocycles. The van der Waals surface area contributed by atoms with Crippen molar-refractivity contribution in [3.8, 4) is 0 Å². The van der Waals surface area contributed by atoms with Crippen LogP contribution in [0.4, 0.5) is 5.95 Å². The molecule has 140 valence electrons. The van der Waals surface area contributed by atoms with Gasteiger partial charge in [-0.2, -0.15) is 5.10 Å². The molecule has 0 saturated heterocycles. The van der Waals surface area contributed by atoms with E-state index < -0.39 is 0 Å². The molecule has 1 N–H and O–H groups in total. The van der Waals surface area contributed by atoms with Crippen LogP contribution in [0.5, 0.6) is 0 Å². The fourth-order valence-corrected chi connectivity index (χ4v) is 2.61. The summed E-state index contributed by atoms with van der Waals surface area (Å²) in [5.41, 5.74) is 4.13. The first-order chi connectivity index (χ1) is 13.1. The fourth-order valence-electron chi connectivity index (χ4n) is 2.61. The monoisotopic (exact) mass is 365 g/mol. The van der Waals surface area contributed by atoms with E-state index in [1.807, 2.05) is 50.2 Å². The van der Waals surface area contributed by atoms with Crippen molar-refractivity contribution in [2.24, 2.45) is 5.10 Å². The second-order valence-electron chi connectivity index (χ2n) is 6.31. The van der Waals surface area contributed by atoms with E-state index in [1.54, 1.807) is 23.0 Å². The molecule has 0 amide bonds. The minimum absolute atomic E-state index is 0.0966. The minimum atomic E-state index is -0.0966. The highest BCUT2D eigenvalue weighted by atomic mass is 16.5. The van der Waals surface area contributed by atoms with Crippen LogP contribution in [0.15, 0.2) is 58.6 Å². The van der Waals surface area contributed by atoms with Crippen LogP contribution in [0.2, 0.25) is 0 Å². The third kappa shape index (κ3) is 4.98. The van der Waals surface area contributed by atoms with Crippen molar-refractivity contribution < 1.29 is 4.74 Å². The maximum absolute atomic E-state index is 12.9. The highest BCUT2D eigenvalue weighted by molar-refractivity contribution is 5.79. The van der Waals surface area contributed by atoms with Gasteiger partial charge in [-0.3, -0.25) is 14.3 Å². The number of rotatable bonds is 8. The van der Waals surface area contributed by atoms with Gasteiger partial charge in [-0.05, 0) is 44.5 Å². The third-order valence-electron chi connectivity index (χ3n) is 3.89. The van der Waals surface area contributed by atoms with Gasteiger partial charge in [-0.1, -0.05) is 18.2 Å². The highest BCUT2D eigenvalue weighted by Crippen LogP contribution is 2.12. The Morgan fingerprint density at radius 2 is 2.04 bits per heavy atom. The number of hydrogen-bond donors (Lipinski definition) is 1. The van der Waals surface area contributed by atoms with Crippen LogP contribution < -0.4 is 11.0 Å². The molecule has 0 atom stereocenters. The number of fused-ring (bicyclic) bond motifs is 1. The van der Waals surface area contributed by atoms with E-state index in [0.717, 1.165) is 0 Å². The Hall–Kier alpha value is -3.06. The third-order valence-corrected chi connectivity index (χ3v) is 3.89. The molecule has 0 aliphatic carbocycles. The van der Waals surface area contributed by atoms with Gasteiger partial charge in [0, 0.05) is 19.3 Å².